The van der Waals surface area contributed by atoms with Crippen molar-refractivity contribution in [3.63, 3.8) is 0 Å². The Morgan fingerprint density at radius 2 is 2.11 bits per heavy atom. The third kappa shape index (κ3) is 1.82. The van der Waals surface area contributed by atoms with Gasteiger partial charge in [-0.1, -0.05) is 6.92 Å². The van der Waals surface area contributed by atoms with E-state index in [1.54, 1.807) is 6.20 Å². The van der Waals surface area contributed by atoms with Crippen LogP contribution in [0.15, 0.2) is 24.4 Å². The van der Waals surface area contributed by atoms with Crippen molar-refractivity contribution in [3.05, 3.63) is 41.7 Å². The summed E-state index contributed by atoms with van der Waals surface area (Å²) in [4.78, 5) is 0. The minimum absolute atomic E-state index is 0.437. The molecule has 1 atom stereocenters. The molecule has 0 radical (unpaired) electrons. The fraction of sp³-hybridized carbons (Fsp3) is 0.357. The van der Waals surface area contributed by atoms with E-state index in [0.717, 1.165) is 36.7 Å². The van der Waals surface area contributed by atoms with Gasteiger partial charge in [-0.2, -0.15) is 5.10 Å². The second-order valence-corrected chi connectivity index (χ2v) is 4.96. The van der Waals surface area contributed by atoms with Crippen molar-refractivity contribution in [2.45, 2.75) is 26.3 Å². The molecule has 0 bridgehead atoms. The number of nitrogens with zero attached hydrogens (tertiary/aromatic N) is 2. The van der Waals surface area contributed by atoms with Crippen LogP contribution in [0.25, 0.3) is 11.1 Å². The first-order valence-electron chi connectivity index (χ1n) is 6.15. The maximum absolute atomic E-state index is 13.8. The standard InChI is InChI=1S/C14H14F2N2/c1-9-2-5-14-12(7-17-18(14)8-9)11-4-3-10(15)6-13(11)16/h3-4,6-7,9H,2,5,8H2,1H3. The average molecular weight is 248 g/mol. The smallest absolute Gasteiger partial charge is 0.134 e. The van der Waals surface area contributed by atoms with E-state index in [1.807, 2.05) is 4.68 Å². The summed E-state index contributed by atoms with van der Waals surface area (Å²) in [6.45, 7) is 3.06. The van der Waals surface area contributed by atoms with Gasteiger partial charge in [0.05, 0.1) is 6.20 Å². The Balaban J connectivity index is 2.08. The van der Waals surface area contributed by atoms with E-state index < -0.39 is 11.6 Å². The van der Waals surface area contributed by atoms with Crippen LogP contribution >= 0.6 is 0 Å². The number of aromatic nitrogens is 2. The highest BCUT2D eigenvalue weighted by Gasteiger charge is 2.21. The van der Waals surface area contributed by atoms with E-state index >= 15 is 0 Å². The molecule has 0 N–H and O–H groups in total. The van der Waals surface area contributed by atoms with Crippen molar-refractivity contribution in [3.8, 4) is 11.1 Å². The van der Waals surface area contributed by atoms with Crippen LogP contribution in [0.2, 0.25) is 0 Å². The van der Waals surface area contributed by atoms with Crippen molar-refractivity contribution in [1.82, 2.24) is 9.78 Å². The van der Waals surface area contributed by atoms with Crippen LogP contribution in [0, 0.1) is 17.6 Å². The molecule has 94 valence electrons. The molecule has 1 unspecified atom stereocenters. The zero-order valence-electron chi connectivity index (χ0n) is 10.2. The van der Waals surface area contributed by atoms with Crippen LogP contribution in [-0.4, -0.2) is 9.78 Å². The third-order valence-corrected chi connectivity index (χ3v) is 3.53. The van der Waals surface area contributed by atoms with E-state index in [4.69, 9.17) is 0 Å². The van der Waals surface area contributed by atoms with Gasteiger partial charge in [0.2, 0.25) is 0 Å². The molecule has 0 spiro atoms. The summed E-state index contributed by atoms with van der Waals surface area (Å²) in [5.41, 5.74) is 2.28. The largest absolute Gasteiger partial charge is 0.269 e. The molecule has 0 saturated heterocycles. The summed E-state index contributed by atoms with van der Waals surface area (Å²) < 4.78 is 28.6. The average Bonchev–Trinajstić information content (AvgIpc) is 2.72. The molecule has 1 aliphatic heterocycles. The molecular formula is C14H14F2N2. The van der Waals surface area contributed by atoms with Gasteiger partial charge < -0.3 is 0 Å². The minimum atomic E-state index is -0.550. The molecule has 2 nitrogen and oxygen atoms in total. The lowest BCUT2D eigenvalue weighted by Gasteiger charge is -2.20. The number of fused-ring (bicyclic) bond motifs is 1. The molecule has 4 heteroatoms. The van der Waals surface area contributed by atoms with Crippen LogP contribution in [0.4, 0.5) is 8.78 Å². The summed E-state index contributed by atoms with van der Waals surface area (Å²) >= 11 is 0. The number of hydrogen-bond donors (Lipinski definition) is 0. The quantitative estimate of drug-likeness (QED) is 0.756. The molecule has 18 heavy (non-hydrogen) atoms. The van der Waals surface area contributed by atoms with E-state index in [0.29, 0.717) is 11.5 Å². The van der Waals surface area contributed by atoms with E-state index in [1.165, 1.54) is 12.1 Å². The number of benzene rings is 1. The fourth-order valence-corrected chi connectivity index (χ4v) is 2.53. The lowest BCUT2D eigenvalue weighted by molar-refractivity contribution is 0.372. The molecule has 0 aliphatic carbocycles. The third-order valence-electron chi connectivity index (χ3n) is 3.53. The topological polar surface area (TPSA) is 17.8 Å². The predicted octanol–water partition coefficient (Wildman–Crippen LogP) is 3.41. The van der Waals surface area contributed by atoms with Gasteiger partial charge >= 0.3 is 0 Å². The van der Waals surface area contributed by atoms with Gasteiger partial charge in [-0.25, -0.2) is 8.78 Å². The van der Waals surface area contributed by atoms with Crippen LogP contribution in [0.1, 0.15) is 19.0 Å². The van der Waals surface area contributed by atoms with Gasteiger partial charge in [-0.05, 0) is 30.9 Å². The molecule has 2 heterocycles. The molecule has 0 saturated carbocycles. The van der Waals surface area contributed by atoms with Gasteiger partial charge in [0, 0.05) is 29.4 Å². The van der Waals surface area contributed by atoms with Crippen molar-refractivity contribution in [2.75, 3.05) is 0 Å². The van der Waals surface area contributed by atoms with E-state index in [9.17, 15) is 8.78 Å². The number of halogens is 2. The molecule has 1 aliphatic rings. The summed E-state index contributed by atoms with van der Waals surface area (Å²) in [5, 5.41) is 4.30. The molecule has 3 rings (SSSR count). The molecule has 1 aromatic heterocycles. The summed E-state index contributed by atoms with van der Waals surface area (Å²) in [6, 6.07) is 3.69. The second kappa shape index (κ2) is 4.19. The predicted molar refractivity (Wildman–Crippen MR) is 65.1 cm³/mol. The van der Waals surface area contributed by atoms with Gasteiger partial charge in [0.25, 0.3) is 0 Å². The van der Waals surface area contributed by atoms with Gasteiger partial charge in [-0.3, -0.25) is 4.68 Å². The molecule has 0 fully saturated rings. The Kier molecular flexibility index (Phi) is 2.65. The van der Waals surface area contributed by atoms with Crippen LogP contribution in [0.3, 0.4) is 0 Å². The van der Waals surface area contributed by atoms with Crippen LogP contribution in [-0.2, 0) is 13.0 Å². The molecule has 0 amide bonds. The Morgan fingerprint density at radius 3 is 2.89 bits per heavy atom. The Bertz CT molecular complexity index is 589. The maximum Gasteiger partial charge on any atom is 0.134 e. The first kappa shape index (κ1) is 11.4. The van der Waals surface area contributed by atoms with Gasteiger partial charge in [0.15, 0.2) is 0 Å². The normalized spacial score (nSPS) is 18.7. The Labute approximate surface area is 104 Å². The molecule has 2 aromatic rings. The SMILES string of the molecule is CC1CCc2c(-c3ccc(F)cc3F)cnn2C1. The van der Waals surface area contributed by atoms with Crippen molar-refractivity contribution >= 4 is 0 Å². The Hall–Kier alpha value is -1.71. The highest BCUT2D eigenvalue weighted by Crippen LogP contribution is 2.31. The van der Waals surface area contributed by atoms with Crippen molar-refractivity contribution in [1.29, 1.82) is 0 Å². The molecular weight excluding hydrogens is 234 g/mol. The minimum Gasteiger partial charge on any atom is -0.269 e. The lowest BCUT2D eigenvalue weighted by atomic mass is 9.96. The van der Waals surface area contributed by atoms with Crippen molar-refractivity contribution < 1.29 is 8.78 Å². The summed E-state index contributed by atoms with van der Waals surface area (Å²) in [7, 11) is 0. The lowest BCUT2D eigenvalue weighted by Crippen LogP contribution is -2.18. The van der Waals surface area contributed by atoms with E-state index in [-0.39, 0.29) is 0 Å². The van der Waals surface area contributed by atoms with Gasteiger partial charge in [0.1, 0.15) is 11.6 Å². The first-order chi connectivity index (χ1) is 8.65. The number of hydrogen-bond acceptors (Lipinski definition) is 1. The zero-order valence-corrected chi connectivity index (χ0v) is 10.2. The van der Waals surface area contributed by atoms with Crippen molar-refractivity contribution in [2.24, 2.45) is 5.92 Å². The summed E-state index contributed by atoms with van der Waals surface area (Å²) in [6.07, 6.45) is 3.67. The number of rotatable bonds is 1. The maximum atomic E-state index is 13.8. The van der Waals surface area contributed by atoms with Crippen LogP contribution in [0.5, 0.6) is 0 Å². The first-order valence-corrected chi connectivity index (χ1v) is 6.15. The molecule has 1 aromatic carbocycles. The highest BCUT2D eigenvalue weighted by molar-refractivity contribution is 5.66. The summed E-state index contributed by atoms with van der Waals surface area (Å²) in [5.74, 6) is -0.473. The second-order valence-electron chi connectivity index (χ2n) is 4.96. The Morgan fingerprint density at radius 1 is 1.28 bits per heavy atom. The monoisotopic (exact) mass is 248 g/mol. The zero-order chi connectivity index (χ0) is 12.7. The highest BCUT2D eigenvalue weighted by atomic mass is 19.1. The van der Waals surface area contributed by atoms with E-state index in [2.05, 4.69) is 12.0 Å². The van der Waals surface area contributed by atoms with Crippen LogP contribution < -0.4 is 0 Å². The van der Waals surface area contributed by atoms with Gasteiger partial charge in [-0.15, -0.1) is 0 Å². The fourth-order valence-electron chi connectivity index (χ4n) is 2.53.